The molecule has 1 amide bonds. The van der Waals surface area contributed by atoms with E-state index in [0.29, 0.717) is 28.6 Å². The lowest BCUT2D eigenvalue weighted by Gasteiger charge is -2.13. The van der Waals surface area contributed by atoms with Crippen molar-refractivity contribution in [2.45, 2.75) is 20.0 Å². The molecule has 0 saturated heterocycles. The van der Waals surface area contributed by atoms with Gasteiger partial charge in [0.1, 0.15) is 18.1 Å². The molecule has 29 heavy (non-hydrogen) atoms. The molecule has 0 saturated carbocycles. The number of benzene rings is 3. The number of carbonyl (C=O) groups excluding carboxylic acids is 1. The number of hydrogen-bond donors (Lipinski definition) is 1. The van der Waals surface area contributed by atoms with Crippen molar-refractivity contribution >= 4 is 17.5 Å². The lowest BCUT2D eigenvalue weighted by Crippen LogP contribution is -2.25. The summed E-state index contributed by atoms with van der Waals surface area (Å²) < 4.78 is 11.3. The Balaban J connectivity index is 1.64. The highest BCUT2D eigenvalue weighted by Gasteiger charge is 2.11. The number of halogens is 1. The summed E-state index contributed by atoms with van der Waals surface area (Å²) in [6.45, 7) is 2.79. The molecule has 5 heteroatoms. The maximum Gasteiger partial charge on any atom is 0.251 e. The SMILES string of the molecule is COc1ccc(C(=O)NCCc2ccccc2)cc1COc1ccc(Cl)c(C)c1. The van der Waals surface area contributed by atoms with E-state index in [2.05, 4.69) is 5.32 Å². The van der Waals surface area contributed by atoms with Gasteiger partial charge in [0, 0.05) is 22.7 Å². The van der Waals surface area contributed by atoms with E-state index in [1.165, 1.54) is 5.56 Å². The fraction of sp³-hybridized carbons (Fsp3) is 0.208. The van der Waals surface area contributed by atoms with Gasteiger partial charge >= 0.3 is 0 Å². The molecule has 1 N–H and O–H groups in total. The molecule has 0 spiro atoms. The van der Waals surface area contributed by atoms with Crippen LogP contribution in [0.5, 0.6) is 11.5 Å². The first-order valence-corrected chi connectivity index (χ1v) is 9.82. The molecule has 3 aromatic carbocycles. The molecule has 3 aromatic rings. The molecule has 0 aliphatic heterocycles. The van der Waals surface area contributed by atoms with Crippen LogP contribution in [0.15, 0.2) is 66.7 Å². The van der Waals surface area contributed by atoms with Gasteiger partial charge in [0.2, 0.25) is 0 Å². The molecule has 3 rings (SSSR count). The molecule has 0 fully saturated rings. The standard InChI is InChI=1S/C24H24ClNO3/c1-17-14-21(9-10-22(17)25)29-16-20-15-19(8-11-23(20)28-2)24(27)26-13-12-18-6-4-3-5-7-18/h3-11,14-15H,12-13,16H2,1-2H3,(H,26,27). The molecule has 0 aliphatic rings. The number of ether oxygens (including phenoxy) is 2. The van der Waals surface area contributed by atoms with E-state index < -0.39 is 0 Å². The van der Waals surface area contributed by atoms with Crippen molar-refractivity contribution in [3.8, 4) is 11.5 Å². The summed E-state index contributed by atoms with van der Waals surface area (Å²) in [7, 11) is 1.60. The van der Waals surface area contributed by atoms with E-state index in [-0.39, 0.29) is 12.5 Å². The Labute approximate surface area is 176 Å². The number of rotatable bonds is 8. The molecule has 0 unspecified atom stereocenters. The predicted octanol–water partition coefficient (Wildman–Crippen LogP) is 5.21. The number of carbonyl (C=O) groups is 1. The van der Waals surface area contributed by atoms with Crippen molar-refractivity contribution in [3.63, 3.8) is 0 Å². The zero-order chi connectivity index (χ0) is 20.6. The highest BCUT2D eigenvalue weighted by molar-refractivity contribution is 6.31. The largest absolute Gasteiger partial charge is 0.496 e. The van der Waals surface area contributed by atoms with Crippen LogP contribution >= 0.6 is 11.6 Å². The highest BCUT2D eigenvalue weighted by atomic mass is 35.5. The van der Waals surface area contributed by atoms with Crippen LogP contribution in [-0.4, -0.2) is 19.6 Å². The lowest BCUT2D eigenvalue weighted by atomic mass is 10.1. The average Bonchev–Trinajstić information content (AvgIpc) is 2.75. The second-order valence-electron chi connectivity index (χ2n) is 6.72. The Morgan fingerprint density at radius 3 is 2.55 bits per heavy atom. The second-order valence-corrected chi connectivity index (χ2v) is 7.12. The number of methoxy groups -OCH3 is 1. The molecule has 4 nitrogen and oxygen atoms in total. The van der Waals surface area contributed by atoms with Gasteiger partial charge in [-0.25, -0.2) is 0 Å². The highest BCUT2D eigenvalue weighted by Crippen LogP contribution is 2.25. The zero-order valence-corrected chi connectivity index (χ0v) is 17.3. The van der Waals surface area contributed by atoms with Gasteiger partial charge in [-0.1, -0.05) is 41.9 Å². The van der Waals surface area contributed by atoms with Crippen LogP contribution in [0, 0.1) is 6.92 Å². The molecule has 0 heterocycles. The smallest absolute Gasteiger partial charge is 0.251 e. The van der Waals surface area contributed by atoms with E-state index in [4.69, 9.17) is 21.1 Å². The summed E-state index contributed by atoms with van der Waals surface area (Å²) in [5.41, 5.74) is 3.51. The summed E-state index contributed by atoms with van der Waals surface area (Å²) in [6, 6.07) is 20.9. The fourth-order valence-electron chi connectivity index (χ4n) is 2.97. The normalized spacial score (nSPS) is 10.4. The molecular formula is C24H24ClNO3. The topological polar surface area (TPSA) is 47.6 Å². The summed E-state index contributed by atoms with van der Waals surface area (Å²) in [4.78, 5) is 12.5. The van der Waals surface area contributed by atoms with Crippen molar-refractivity contribution in [1.82, 2.24) is 5.32 Å². The fourth-order valence-corrected chi connectivity index (χ4v) is 3.09. The van der Waals surface area contributed by atoms with Gasteiger partial charge in [-0.2, -0.15) is 0 Å². The van der Waals surface area contributed by atoms with Gasteiger partial charge < -0.3 is 14.8 Å². The van der Waals surface area contributed by atoms with Crippen molar-refractivity contribution < 1.29 is 14.3 Å². The van der Waals surface area contributed by atoms with E-state index in [1.807, 2.05) is 49.4 Å². The second kappa shape index (κ2) is 9.99. The Morgan fingerprint density at radius 2 is 1.83 bits per heavy atom. The van der Waals surface area contributed by atoms with Crippen LogP contribution in [0.2, 0.25) is 5.02 Å². The monoisotopic (exact) mass is 409 g/mol. The van der Waals surface area contributed by atoms with Crippen LogP contribution in [0.4, 0.5) is 0 Å². The van der Waals surface area contributed by atoms with Crippen LogP contribution in [0.3, 0.4) is 0 Å². The van der Waals surface area contributed by atoms with Crippen molar-refractivity contribution in [3.05, 3.63) is 94.0 Å². The van der Waals surface area contributed by atoms with Crippen molar-refractivity contribution in [2.24, 2.45) is 0 Å². The summed E-state index contributed by atoms with van der Waals surface area (Å²) >= 11 is 6.06. The first-order valence-electron chi connectivity index (χ1n) is 9.45. The average molecular weight is 410 g/mol. The van der Waals surface area contributed by atoms with Crippen LogP contribution in [0.25, 0.3) is 0 Å². The van der Waals surface area contributed by atoms with Gasteiger partial charge in [0.15, 0.2) is 0 Å². The minimum absolute atomic E-state index is 0.118. The minimum Gasteiger partial charge on any atom is -0.496 e. The van der Waals surface area contributed by atoms with Crippen molar-refractivity contribution in [2.75, 3.05) is 13.7 Å². The van der Waals surface area contributed by atoms with E-state index in [9.17, 15) is 4.79 Å². The quantitative estimate of drug-likeness (QED) is 0.555. The molecule has 150 valence electrons. The third-order valence-electron chi connectivity index (χ3n) is 4.61. The van der Waals surface area contributed by atoms with Gasteiger partial charge in [-0.15, -0.1) is 0 Å². The van der Waals surface area contributed by atoms with Crippen LogP contribution < -0.4 is 14.8 Å². The summed E-state index contributed by atoms with van der Waals surface area (Å²) in [6.07, 6.45) is 0.786. The van der Waals surface area contributed by atoms with Gasteiger partial charge in [0.25, 0.3) is 5.91 Å². The molecule has 0 aliphatic carbocycles. The third kappa shape index (κ3) is 5.75. The molecule has 0 radical (unpaired) electrons. The number of hydrogen-bond acceptors (Lipinski definition) is 3. The van der Waals surface area contributed by atoms with Gasteiger partial charge in [-0.3, -0.25) is 4.79 Å². The molecule has 0 bridgehead atoms. The number of nitrogens with one attached hydrogen (secondary N) is 1. The van der Waals surface area contributed by atoms with Crippen LogP contribution in [0.1, 0.15) is 27.0 Å². The first-order chi connectivity index (χ1) is 14.1. The van der Waals surface area contributed by atoms with Crippen LogP contribution in [-0.2, 0) is 13.0 Å². The molecule has 0 atom stereocenters. The van der Waals surface area contributed by atoms with Gasteiger partial charge in [0.05, 0.1) is 7.11 Å². The zero-order valence-electron chi connectivity index (χ0n) is 16.6. The number of aryl methyl sites for hydroxylation is 1. The Bertz CT molecular complexity index is 973. The number of amides is 1. The summed E-state index contributed by atoms with van der Waals surface area (Å²) in [5.74, 6) is 1.27. The predicted molar refractivity (Wildman–Crippen MR) is 116 cm³/mol. The summed E-state index contributed by atoms with van der Waals surface area (Å²) in [5, 5.41) is 3.66. The Hall–Kier alpha value is -2.98. The third-order valence-corrected chi connectivity index (χ3v) is 5.03. The minimum atomic E-state index is -0.118. The van der Waals surface area contributed by atoms with E-state index >= 15 is 0 Å². The van der Waals surface area contributed by atoms with E-state index in [1.54, 1.807) is 31.4 Å². The Kier molecular flexibility index (Phi) is 7.14. The maximum absolute atomic E-state index is 12.5. The van der Waals surface area contributed by atoms with Gasteiger partial charge in [-0.05, 0) is 60.9 Å². The molecule has 0 aromatic heterocycles. The lowest BCUT2D eigenvalue weighted by molar-refractivity contribution is 0.0954. The Morgan fingerprint density at radius 1 is 1.03 bits per heavy atom. The molecular weight excluding hydrogens is 386 g/mol. The first kappa shape index (κ1) is 20.7. The maximum atomic E-state index is 12.5. The van der Waals surface area contributed by atoms with Crippen molar-refractivity contribution in [1.29, 1.82) is 0 Å². The van der Waals surface area contributed by atoms with E-state index in [0.717, 1.165) is 17.5 Å².